The Hall–Kier alpha value is -0.400. The fourth-order valence-corrected chi connectivity index (χ4v) is 1.28. The Morgan fingerprint density at radius 1 is 1.46 bits per heavy atom. The summed E-state index contributed by atoms with van der Waals surface area (Å²) in [4.78, 5) is 4.09. The Labute approximate surface area is 78.0 Å². The summed E-state index contributed by atoms with van der Waals surface area (Å²) < 4.78 is 33.9. The summed E-state index contributed by atoms with van der Waals surface area (Å²) in [5.74, 6) is 0.851. The van der Waals surface area contributed by atoms with Gasteiger partial charge in [0.05, 0.1) is 26.9 Å². The van der Waals surface area contributed by atoms with Gasteiger partial charge in [0.1, 0.15) is 0 Å². The molecule has 1 N–H and O–H groups in total. The van der Waals surface area contributed by atoms with Gasteiger partial charge in [-0.25, -0.2) is 0 Å². The third kappa shape index (κ3) is 5.02. The second kappa shape index (κ2) is 4.73. The van der Waals surface area contributed by atoms with Crippen molar-refractivity contribution in [3.8, 4) is 0 Å². The van der Waals surface area contributed by atoms with Gasteiger partial charge in [0, 0.05) is 13.0 Å². The zero-order chi connectivity index (χ0) is 9.73. The van der Waals surface area contributed by atoms with Crippen LogP contribution in [0.5, 0.6) is 0 Å². The molecule has 0 fully saturated rings. The van der Waals surface area contributed by atoms with Crippen molar-refractivity contribution in [1.29, 1.82) is 0 Å². The van der Waals surface area contributed by atoms with Gasteiger partial charge in [0.2, 0.25) is 6.61 Å². The van der Waals surface area contributed by atoms with E-state index in [-0.39, 0.29) is 13.2 Å². The maximum atomic E-state index is 9.96. The summed E-state index contributed by atoms with van der Waals surface area (Å²) in [5, 5.41) is 2.87. The zero-order valence-electron chi connectivity index (χ0n) is 6.99. The van der Waals surface area contributed by atoms with Crippen LogP contribution < -0.4 is 19.3 Å². The number of aliphatic imine (C=N–C) groups is 1. The van der Waals surface area contributed by atoms with Crippen molar-refractivity contribution >= 4 is 5.84 Å². The average molecular weight is 211 g/mol. The largest absolute Gasteiger partial charge is 0.371 e. The van der Waals surface area contributed by atoms with Crippen LogP contribution in [0.15, 0.2) is 4.99 Å². The summed E-state index contributed by atoms with van der Waals surface area (Å²) in [6.45, 7) is 0.932. The predicted molar refractivity (Wildman–Crippen MR) is 35.5 cm³/mol. The van der Waals surface area contributed by atoms with Crippen LogP contribution in [-0.4, -0.2) is 25.5 Å². The molecule has 1 aliphatic heterocycles. The lowest BCUT2D eigenvalue weighted by atomic mass is 10.3. The molecular weight excluding hydrogens is 200 g/mol. The van der Waals surface area contributed by atoms with Crippen molar-refractivity contribution in [2.75, 3.05) is 19.7 Å². The number of rotatable bonds is 4. The highest BCUT2D eigenvalue weighted by Gasteiger charge is 2.16. The minimum atomic E-state index is -4.29. The average Bonchev–Trinajstić information content (AvgIpc) is 2.48. The summed E-state index contributed by atoms with van der Waals surface area (Å²) in [6, 6.07) is 0. The van der Waals surface area contributed by atoms with Gasteiger partial charge in [0.15, 0.2) is 0 Å². The van der Waals surface area contributed by atoms with E-state index in [9.17, 15) is 14.0 Å². The van der Waals surface area contributed by atoms with E-state index in [0.717, 1.165) is 25.2 Å². The first-order chi connectivity index (χ1) is 6.08. The Balaban J connectivity index is 2.01. The Morgan fingerprint density at radius 3 is 2.77 bits per heavy atom. The Morgan fingerprint density at radius 2 is 2.23 bits per heavy atom. The molecule has 0 amide bonds. The molecule has 6 nitrogen and oxygen atoms in total. The fraction of sp³-hybridized carbons (Fsp3) is 0.833. The van der Waals surface area contributed by atoms with E-state index in [1.54, 1.807) is 0 Å². The van der Waals surface area contributed by atoms with Gasteiger partial charge in [-0.1, -0.05) is 0 Å². The minimum Gasteiger partial charge on any atom is -0.371 e. The summed E-state index contributed by atoms with van der Waals surface area (Å²) >= 11 is 0. The minimum absolute atomic E-state index is 0.160. The molecular formula is C6H11ClN2O4. The molecule has 0 saturated heterocycles. The highest BCUT2D eigenvalue weighted by molar-refractivity contribution is 5.83. The highest BCUT2D eigenvalue weighted by atomic mass is 35.7. The third-order valence-electron chi connectivity index (χ3n) is 1.52. The van der Waals surface area contributed by atoms with Crippen molar-refractivity contribution < 1.29 is 28.5 Å². The molecule has 13 heavy (non-hydrogen) atoms. The SMILES string of the molecule is [O-][Cl+3]([O-])([O-])OCCNC1=NCCC1. The van der Waals surface area contributed by atoms with Gasteiger partial charge >= 0.3 is 0 Å². The molecule has 1 heterocycles. The molecule has 0 aromatic carbocycles. The van der Waals surface area contributed by atoms with Gasteiger partial charge in [-0.15, -0.1) is 0 Å². The molecule has 0 spiro atoms. The van der Waals surface area contributed by atoms with E-state index >= 15 is 0 Å². The standard InChI is InChI=1S/C6H11ClN2O4/c10-7(11,12)13-5-4-9-6-2-1-3-8-6/h1-5H2,(H,8,9). The van der Waals surface area contributed by atoms with Gasteiger partial charge in [-0.2, -0.15) is 14.0 Å². The van der Waals surface area contributed by atoms with Crippen molar-refractivity contribution in [3.63, 3.8) is 0 Å². The number of hydrogen-bond donors (Lipinski definition) is 1. The van der Waals surface area contributed by atoms with Gasteiger partial charge in [-0.05, 0) is 6.42 Å². The van der Waals surface area contributed by atoms with Crippen molar-refractivity contribution in [2.45, 2.75) is 12.8 Å². The Bertz CT molecular complexity index is 192. The number of nitrogens with one attached hydrogen (secondary N) is 1. The molecule has 1 aliphatic rings. The van der Waals surface area contributed by atoms with Gasteiger partial charge in [-0.3, -0.25) is 4.99 Å². The normalized spacial score (nSPS) is 17.3. The first-order valence-electron chi connectivity index (χ1n) is 3.90. The van der Waals surface area contributed by atoms with Crippen LogP contribution >= 0.6 is 0 Å². The first kappa shape index (κ1) is 10.7. The first-order valence-corrected chi connectivity index (χ1v) is 5.14. The van der Waals surface area contributed by atoms with Crippen LogP contribution in [0.1, 0.15) is 12.8 Å². The van der Waals surface area contributed by atoms with Gasteiger partial charge in [0.25, 0.3) is 0 Å². The molecule has 0 aromatic heterocycles. The molecule has 0 bridgehead atoms. The maximum Gasteiger partial charge on any atom is 0.220 e. The maximum absolute atomic E-state index is 9.96. The molecule has 0 atom stereocenters. The molecule has 76 valence electrons. The molecule has 0 aromatic rings. The Kier molecular flexibility index (Phi) is 3.89. The summed E-state index contributed by atoms with van der Waals surface area (Å²) in [5.41, 5.74) is 0. The molecule has 0 radical (unpaired) electrons. The van der Waals surface area contributed by atoms with Crippen LogP contribution in [0, 0.1) is 10.2 Å². The van der Waals surface area contributed by atoms with E-state index in [1.165, 1.54) is 0 Å². The van der Waals surface area contributed by atoms with Crippen molar-refractivity contribution in [3.05, 3.63) is 0 Å². The van der Waals surface area contributed by atoms with Crippen LogP contribution in [0.25, 0.3) is 0 Å². The second-order valence-corrected chi connectivity index (χ2v) is 3.52. The molecule has 1 rings (SSSR count). The van der Waals surface area contributed by atoms with E-state index in [2.05, 4.69) is 14.6 Å². The number of halogens is 1. The number of amidine groups is 1. The zero-order valence-corrected chi connectivity index (χ0v) is 7.75. The smallest absolute Gasteiger partial charge is 0.220 e. The lowest BCUT2D eigenvalue weighted by Gasteiger charge is -2.12. The van der Waals surface area contributed by atoms with Crippen LogP contribution in [0.2, 0.25) is 0 Å². The van der Waals surface area contributed by atoms with Gasteiger partial charge < -0.3 is 5.32 Å². The van der Waals surface area contributed by atoms with E-state index in [0.29, 0.717) is 0 Å². The van der Waals surface area contributed by atoms with E-state index in [4.69, 9.17) is 0 Å². The topological polar surface area (TPSA) is 103 Å². The van der Waals surface area contributed by atoms with Crippen LogP contribution in [0.4, 0.5) is 0 Å². The van der Waals surface area contributed by atoms with E-state index < -0.39 is 10.2 Å². The molecule has 7 heteroatoms. The second-order valence-electron chi connectivity index (χ2n) is 2.55. The van der Waals surface area contributed by atoms with Crippen molar-refractivity contribution in [1.82, 2.24) is 5.32 Å². The third-order valence-corrected chi connectivity index (χ3v) is 1.94. The molecule has 0 unspecified atom stereocenters. The monoisotopic (exact) mass is 210 g/mol. The van der Waals surface area contributed by atoms with E-state index in [1.807, 2.05) is 0 Å². The lowest BCUT2D eigenvalue weighted by Crippen LogP contribution is -2.61. The lowest BCUT2D eigenvalue weighted by molar-refractivity contribution is -1.92. The molecule has 0 saturated carbocycles. The highest BCUT2D eigenvalue weighted by Crippen LogP contribution is 2.00. The van der Waals surface area contributed by atoms with Crippen LogP contribution in [-0.2, 0) is 4.29 Å². The number of nitrogens with zero attached hydrogens (tertiary/aromatic N) is 1. The molecule has 0 aliphatic carbocycles. The van der Waals surface area contributed by atoms with Crippen molar-refractivity contribution in [2.24, 2.45) is 4.99 Å². The summed E-state index contributed by atoms with van der Waals surface area (Å²) in [7, 11) is -4.29. The quantitative estimate of drug-likeness (QED) is 0.489. The predicted octanol–water partition coefficient (Wildman–Crippen LogP) is -3.32. The fourth-order valence-electron chi connectivity index (χ4n) is 1.01. The van der Waals surface area contributed by atoms with Crippen LogP contribution in [0.3, 0.4) is 0 Å². The summed E-state index contributed by atoms with van der Waals surface area (Å²) in [6.07, 6.45) is 1.89. The number of hydrogen-bond acceptors (Lipinski definition) is 6.